The van der Waals surface area contributed by atoms with E-state index in [-0.39, 0.29) is 36.6 Å². The predicted octanol–water partition coefficient (Wildman–Crippen LogP) is 0.232. The molecule has 2 rings (SSSR count). The molecule has 0 bridgehead atoms. The van der Waals surface area contributed by atoms with E-state index in [1.165, 1.54) is 6.92 Å². The van der Waals surface area contributed by atoms with Crippen LogP contribution in [0, 0.1) is 11.8 Å². The van der Waals surface area contributed by atoms with Gasteiger partial charge in [0.1, 0.15) is 24.2 Å². The van der Waals surface area contributed by atoms with E-state index in [2.05, 4.69) is 32.1 Å². The van der Waals surface area contributed by atoms with Crippen molar-refractivity contribution in [3.8, 4) is 0 Å². The number of hydrogen-bond acceptors (Lipinski definition) is 7. The van der Waals surface area contributed by atoms with Gasteiger partial charge in [-0.3, -0.25) is 24.6 Å². The Bertz CT molecular complexity index is 1010. The van der Waals surface area contributed by atoms with Crippen LogP contribution in [0.4, 0.5) is 0 Å². The van der Waals surface area contributed by atoms with Gasteiger partial charge in [0, 0.05) is 6.42 Å². The SMILES string of the molecule is CC(C)C[C@H](NC(=O)[C@H](C)NNC(=O)[C@@H](NC(=O)[C@H](Cc1ccccc1)NC(=O)[C@@H]1CCCN1)C(C)C)C(=O)O. The highest BCUT2D eigenvalue weighted by Crippen LogP contribution is 2.10. The molecule has 12 heteroatoms. The zero-order chi connectivity index (χ0) is 29.8. The first-order valence-corrected chi connectivity index (χ1v) is 13.9. The number of rotatable bonds is 15. The van der Waals surface area contributed by atoms with E-state index in [9.17, 15) is 29.1 Å². The van der Waals surface area contributed by atoms with Crippen LogP contribution in [0.3, 0.4) is 0 Å². The Hall–Kier alpha value is -3.51. The second kappa shape index (κ2) is 15.9. The molecule has 0 spiro atoms. The molecule has 1 heterocycles. The molecule has 0 aliphatic carbocycles. The highest BCUT2D eigenvalue weighted by atomic mass is 16.4. The molecule has 1 fully saturated rings. The summed E-state index contributed by atoms with van der Waals surface area (Å²) in [5.74, 6) is -3.34. The third-order valence-corrected chi connectivity index (χ3v) is 6.67. The number of aliphatic carboxylic acids is 1. The predicted molar refractivity (Wildman–Crippen MR) is 150 cm³/mol. The van der Waals surface area contributed by atoms with Gasteiger partial charge in [0.15, 0.2) is 0 Å². The minimum absolute atomic E-state index is 0.0599. The normalized spacial score (nSPS) is 17.9. The van der Waals surface area contributed by atoms with Crippen molar-refractivity contribution in [2.75, 3.05) is 6.54 Å². The van der Waals surface area contributed by atoms with Gasteiger partial charge in [-0.1, -0.05) is 58.0 Å². The fraction of sp³-hybridized carbons (Fsp3) is 0.607. The number of carboxylic acids is 1. The Morgan fingerprint density at radius 2 is 1.57 bits per heavy atom. The lowest BCUT2D eigenvalue weighted by Crippen LogP contribution is -2.60. The first-order valence-electron chi connectivity index (χ1n) is 13.9. The first kappa shape index (κ1) is 32.7. The molecule has 1 aliphatic rings. The molecule has 4 amide bonds. The van der Waals surface area contributed by atoms with Crippen LogP contribution in [-0.4, -0.2) is 71.5 Å². The standard InChI is InChI=1S/C28H44N6O6/c1-16(2)14-22(28(39)40)31-24(35)18(5)33-34-27(38)23(17(3)4)32-26(37)21(15-19-10-7-6-8-11-19)30-25(36)20-12-9-13-29-20/h6-8,10-11,16-18,20-23,29,33H,9,12-15H2,1-5H3,(H,30,36)(H,31,35)(H,32,37)(H,34,38)(H,39,40)/t18-,20-,21-,22-,23-/m0/s1. The molecule has 0 radical (unpaired) electrons. The topological polar surface area (TPSA) is 178 Å². The summed E-state index contributed by atoms with van der Waals surface area (Å²) in [6, 6.07) is 5.04. The molecule has 0 unspecified atom stereocenters. The molecule has 1 saturated heterocycles. The highest BCUT2D eigenvalue weighted by molar-refractivity contribution is 5.93. The van der Waals surface area contributed by atoms with Crippen molar-refractivity contribution in [2.45, 2.75) is 90.5 Å². The van der Waals surface area contributed by atoms with Gasteiger partial charge in [-0.25, -0.2) is 10.2 Å². The number of nitrogens with one attached hydrogen (secondary N) is 6. The smallest absolute Gasteiger partial charge is 0.326 e. The number of hydrogen-bond donors (Lipinski definition) is 7. The Labute approximate surface area is 235 Å². The van der Waals surface area contributed by atoms with Gasteiger partial charge in [-0.15, -0.1) is 0 Å². The summed E-state index contributed by atoms with van der Waals surface area (Å²) in [6.07, 6.45) is 2.07. The lowest BCUT2D eigenvalue weighted by atomic mass is 10.0. The molecule has 0 aromatic heterocycles. The van der Waals surface area contributed by atoms with Crippen molar-refractivity contribution >= 4 is 29.6 Å². The van der Waals surface area contributed by atoms with Crippen molar-refractivity contribution in [1.82, 2.24) is 32.1 Å². The maximum atomic E-state index is 13.4. The van der Waals surface area contributed by atoms with E-state index in [1.54, 1.807) is 13.8 Å². The van der Waals surface area contributed by atoms with Crippen LogP contribution in [0.15, 0.2) is 30.3 Å². The van der Waals surface area contributed by atoms with Crippen LogP contribution in [0.5, 0.6) is 0 Å². The molecule has 1 aromatic rings. The van der Waals surface area contributed by atoms with E-state index in [1.807, 2.05) is 44.2 Å². The summed E-state index contributed by atoms with van der Waals surface area (Å²) >= 11 is 0. The number of carbonyl (C=O) groups excluding carboxylic acids is 4. The number of amides is 4. The quantitative estimate of drug-likeness (QED) is 0.149. The fourth-order valence-electron chi connectivity index (χ4n) is 4.34. The summed E-state index contributed by atoms with van der Waals surface area (Å²) in [5, 5.41) is 20.5. The third kappa shape index (κ3) is 10.6. The minimum atomic E-state index is -1.14. The molecule has 1 aliphatic heterocycles. The lowest BCUT2D eigenvalue weighted by Gasteiger charge is -2.27. The van der Waals surface area contributed by atoms with Crippen molar-refractivity contribution < 1.29 is 29.1 Å². The molecule has 12 nitrogen and oxygen atoms in total. The first-order chi connectivity index (χ1) is 18.9. The van der Waals surface area contributed by atoms with Crippen molar-refractivity contribution in [1.29, 1.82) is 0 Å². The van der Waals surface area contributed by atoms with E-state index >= 15 is 0 Å². The zero-order valence-electron chi connectivity index (χ0n) is 24.0. The maximum absolute atomic E-state index is 13.4. The summed E-state index contributed by atoms with van der Waals surface area (Å²) in [5.41, 5.74) is 5.90. The summed E-state index contributed by atoms with van der Waals surface area (Å²) in [6.45, 7) is 9.45. The summed E-state index contributed by atoms with van der Waals surface area (Å²) in [7, 11) is 0. The Kier molecular flexibility index (Phi) is 13.0. The minimum Gasteiger partial charge on any atom is -0.480 e. The van der Waals surface area contributed by atoms with Crippen LogP contribution in [-0.2, 0) is 30.4 Å². The molecule has 0 saturated carbocycles. The molecular weight excluding hydrogens is 516 g/mol. The fourth-order valence-corrected chi connectivity index (χ4v) is 4.34. The Balaban J connectivity index is 2.03. The van der Waals surface area contributed by atoms with E-state index in [4.69, 9.17) is 0 Å². The average Bonchev–Trinajstić information content (AvgIpc) is 3.44. The molecule has 1 aromatic carbocycles. The number of hydrazine groups is 1. The second-order valence-corrected chi connectivity index (χ2v) is 11.0. The molecular formula is C28H44N6O6. The van der Waals surface area contributed by atoms with Gasteiger partial charge in [0.25, 0.3) is 5.91 Å². The number of benzene rings is 1. The van der Waals surface area contributed by atoms with Gasteiger partial charge < -0.3 is 26.4 Å². The highest BCUT2D eigenvalue weighted by Gasteiger charge is 2.32. The molecule has 5 atom stereocenters. The molecule has 222 valence electrons. The summed E-state index contributed by atoms with van der Waals surface area (Å²) in [4.78, 5) is 63.2. The van der Waals surface area contributed by atoms with Gasteiger partial charge >= 0.3 is 5.97 Å². The van der Waals surface area contributed by atoms with Crippen molar-refractivity contribution in [3.63, 3.8) is 0 Å². The van der Waals surface area contributed by atoms with Crippen LogP contribution in [0.1, 0.15) is 59.4 Å². The maximum Gasteiger partial charge on any atom is 0.326 e. The van der Waals surface area contributed by atoms with Crippen molar-refractivity contribution in [3.05, 3.63) is 35.9 Å². The van der Waals surface area contributed by atoms with E-state index in [0.717, 1.165) is 18.5 Å². The lowest BCUT2D eigenvalue weighted by molar-refractivity contribution is -0.142. The van der Waals surface area contributed by atoms with Gasteiger partial charge in [0.2, 0.25) is 17.7 Å². The Morgan fingerprint density at radius 1 is 0.900 bits per heavy atom. The largest absolute Gasteiger partial charge is 0.480 e. The molecule has 7 N–H and O–H groups in total. The van der Waals surface area contributed by atoms with Gasteiger partial charge in [0.05, 0.1) is 6.04 Å². The summed E-state index contributed by atoms with van der Waals surface area (Å²) < 4.78 is 0. The monoisotopic (exact) mass is 560 g/mol. The molecule has 40 heavy (non-hydrogen) atoms. The van der Waals surface area contributed by atoms with Crippen molar-refractivity contribution in [2.24, 2.45) is 11.8 Å². The second-order valence-electron chi connectivity index (χ2n) is 11.0. The van der Waals surface area contributed by atoms with Gasteiger partial charge in [-0.2, -0.15) is 0 Å². The number of carboxylic acid groups (broad SMARTS) is 1. The van der Waals surface area contributed by atoms with E-state index < -0.39 is 47.9 Å². The van der Waals surface area contributed by atoms with Crippen LogP contribution in [0.2, 0.25) is 0 Å². The zero-order valence-corrected chi connectivity index (χ0v) is 24.0. The van der Waals surface area contributed by atoms with Crippen LogP contribution < -0.4 is 32.1 Å². The number of carbonyl (C=O) groups is 5. The Morgan fingerprint density at radius 3 is 2.12 bits per heavy atom. The van der Waals surface area contributed by atoms with Gasteiger partial charge in [-0.05, 0) is 50.1 Å². The van der Waals surface area contributed by atoms with Crippen LogP contribution >= 0.6 is 0 Å². The van der Waals surface area contributed by atoms with E-state index in [0.29, 0.717) is 6.42 Å². The third-order valence-electron chi connectivity index (χ3n) is 6.67. The van der Waals surface area contributed by atoms with Crippen LogP contribution in [0.25, 0.3) is 0 Å². The average molecular weight is 561 g/mol.